The monoisotopic (exact) mass is 256 g/mol. The molecular formula is C11H11F3N4. The van der Waals surface area contributed by atoms with Gasteiger partial charge in [-0.25, -0.2) is 18.2 Å². The Labute approximate surface area is 101 Å². The Hall–Kier alpha value is -1.89. The van der Waals surface area contributed by atoms with Crippen LogP contribution in [0.2, 0.25) is 0 Å². The van der Waals surface area contributed by atoms with Crippen LogP contribution in [0, 0.1) is 17.5 Å². The molecule has 0 amide bonds. The smallest absolute Gasteiger partial charge is 0.194 e. The van der Waals surface area contributed by atoms with Crippen LogP contribution in [0.4, 0.5) is 13.2 Å². The highest BCUT2D eigenvalue weighted by Crippen LogP contribution is 2.17. The molecule has 1 heterocycles. The normalized spacial score (nSPS) is 12.7. The summed E-state index contributed by atoms with van der Waals surface area (Å²) in [5.41, 5.74) is 5.57. The van der Waals surface area contributed by atoms with Crippen molar-refractivity contribution in [1.82, 2.24) is 15.2 Å². The van der Waals surface area contributed by atoms with Gasteiger partial charge >= 0.3 is 0 Å². The summed E-state index contributed by atoms with van der Waals surface area (Å²) in [6.45, 7) is 1.70. The van der Waals surface area contributed by atoms with Crippen molar-refractivity contribution in [3.05, 3.63) is 46.8 Å². The van der Waals surface area contributed by atoms with Gasteiger partial charge in [-0.1, -0.05) is 6.07 Å². The maximum atomic E-state index is 13.4. The van der Waals surface area contributed by atoms with Crippen molar-refractivity contribution in [1.29, 1.82) is 0 Å². The lowest BCUT2D eigenvalue weighted by molar-refractivity contribution is 0.441. The minimum atomic E-state index is -1.49. The number of nitrogens with one attached hydrogen (secondary N) is 1. The Morgan fingerprint density at radius 1 is 1.28 bits per heavy atom. The summed E-state index contributed by atoms with van der Waals surface area (Å²) >= 11 is 0. The van der Waals surface area contributed by atoms with Crippen molar-refractivity contribution in [2.75, 3.05) is 0 Å². The topological polar surface area (TPSA) is 67.6 Å². The maximum absolute atomic E-state index is 13.4. The number of hydrogen-bond acceptors (Lipinski definition) is 3. The van der Waals surface area contributed by atoms with E-state index in [2.05, 4.69) is 15.2 Å². The van der Waals surface area contributed by atoms with Gasteiger partial charge in [0.25, 0.3) is 0 Å². The highest BCUT2D eigenvalue weighted by atomic mass is 19.2. The van der Waals surface area contributed by atoms with Crippen LogP contribution in [0.25, 0.3) is 0 Å². The quantitative estimate of drug-likeness (QED) is 0.823. The lowest BCUT2D eigenvalue weighted by Gasteiger charge is -2.02. The summed E-state index contributed by atoms with van der Waals surface area (Å²) in [5, 5.41) is 6.40. The third-order valence-corrected chi connectivity index (χ3v) is 2.43. The van der Waals surface area contributed by atoms with E-state index in [4.69, 9.17) is 5.73 Å². The largest absolute Gasteiger partial charge is 0.321 e. The minimum absolute atomic E-state index is 0.00118. The first-order chi connectivity index (χ1) is 8.49. The molecule has 3 N–H and O–H groups in total. The molecule has 96 valence electrons. The van der Waals surface area contributed by atoms with Gasteiger partial charge in [0.2, 0.25) is 0 Å². The maximum Gasteiger partial charge on any atom is 0.194 e. The van der Waals surface area contributed by atoms with E-state index in [9.17, 15) is 13.2 Å². The molecule has 7 heteroatoms. The molecule has 0 aliphatic heterocycles. The summed E-state index contributed by atoms with van der Waals surface area (Å²) in [6, 6.07) is 1.68. The second-order valence-electron chi connectivity index (χ2n) is 3.94. The number of rotatable bonds is 3. The molecule has 0 fully saturated rings. The molecule has 2 rings (SSSR count). The third kappa shape index (κ3) is 2.35. The summed E-state index contributed by atoms with van der Waals surface area (Å²) in [4.78, 5) is 4.02. The van der Waals surface area contributed by atoms with Gasteiger partial charge in [-0.2, -0.15) is 5.10 Å². The van der Waals surface area contributed by atoms with Crippen molar-refractivity contribution in [3.8, 4) is 0 Å². The highest BCUT2D eigenvalue weighted by molar-refractivity contribution is 5.23. The first-order valence-corrected chi connectivity index (χ1v) is 5.28. The molecule has 18 heavy (non-hydrogen) atoms. The molecule has 1 aromatic carbocycles. The molecule has 0 radical (unpaired) electrons. The van der Waals surface area contributed by atoms with E-state index in [1.54, 1.807) is 6.92 Å². The Morgan fingerprint density at radius 2 is 2.00 bits per heavy atom. The highest BCUT2D eigenvalue weighted by Gasteiger charge is 2.15. The zero-order chi connectivity index (χ0) is 13.3. The van der Waals surface area contributed by atoms with Crippen LogP contribution in [0.1, 0.15) is 30.2 Å². The molecule has 0 spiro atoms. The van der Waals surface area contributed by atoms with Crippen LogP contribution in [-0.2, 0) is 6.42 Å². The van der Waals surface area contributed by atoms with E-state index in [1.807, 2.05) is 0 Å². The first kappa shape index (κ1) is 12.6. The Bertz CT molecular complexity index is 565. The molecule has 1 aromatic heterocycles. The molecule has 1 unspecified atom stereocenters. The van der Waals surface area contributed by atoms with Gasteiger partial charge in [-0.05, 0) is 18.6 Å². The second-order valence-corrected chi connectivity index (χ2v) is 3.94. The number of halogens is 3. The Balaban J connectivity index is 2.26. The van der Waals surface area contributed by atoms with Crippen molar-refractivity contribution in [3.63, 3.8) is 0 Å². The zero-order valence-corrected chi connectivity index (χ0v) is 9.54. The summed E-state index contributed by atoms with van der Waals surface area (Å²) in [5.74, 6) is -3.20. The predicted octanol–water partition coefficient (Wildman–Crippen LogP) is 1.83. The SMILES string of the molecule is CC(N)c1n[nH]c(Cc2ccc(F)c(F)c2F)n1. The van der Waals surface area contributed by atoms with Crippen LogP contribution >= 0.6 is 0 Å². The average molecular weight is 256 g/mol. The van der Waals surface area contributed by atoms with E-state index in [-0.39, 0.29) is 18.0 Å². The van der Waals surface area contributed by atoms with Crippen LogP contribution in [-0.4, -0.2) is 15.2 Å². The van der Waals surface area contributed by atoms with Gasteiger partial charge in [0.05, 0.1) is 6.04 Å². The van der Waals surface area contributed by atoms with E-state index < -0.39 is 17.5 Å². The number of nitrogens with zero attached hydrogens (tertiary/aromatic N) is 2. The molecule has 0 saturated heterocycles. The number of hydrogen-bond donors (Lipinski definition) is 2. The molecule has 0 aliphatic carbocycles. The first-order valence-electron chi connectivity index (χ1n) is 5.28. The fraction of sp³-hybridized carbons (Fsp3) is 0.273. The average Bonchev–Trinajstić information content (AvgIpc) is 2.79. The second kappa shape index (κ2) is 4.77. The van der Waals surface area contributed by atoms with E-state index in [1.165, 1.54) is 6.07 Å². The van der Waals surface area contributed by atoms with Gasteiger partial charge < -0.3 is 5.73 Å². The number of aromatic nitrogens is 3. The number of benzene rings is 1. The molecule has 1 atom stereocenters. The van der Waals surface area contributed by atoms with Crippen molar-refractivity contribution >= 4 is 0 Å². The summed E-state index contributed by atoms with van der Waals surface area (Å²) in [6.07, 6.45) is -0.0112. The van der Waals surface area contributed by atoms with Gasteiger partial charge in [0, 0.05) is 6.42 Å². The van der Waals surface area contributed by atoms with Gasteiger partial charge in [0.1, 0.15) is 5.82 Å². The molecule has 0 saturated carbocycles. The molecule has 2 aromatic rings. The predicted molar refractivity (Wildman–Crippen MR) is 58.1 cm³/mol. The number of aromatic amines is 1. The van der Waals surface area contributed by atoms with Crippen molar-refractivity contribution < 1.29 is 13.2 Å². The van der Waals surface area contributed by atoms with Crippen LogP contribution < -0.4 is 5.73 Å². The van der Waals surface area contributed by atoms with E-state index in [0.29, 0.717) is 11.6 Å². The lowest BCUT2D eigenvalue weighted by Crippen LogP contribution is -2.07. The van der Waals surface area contributed by atoms with Gasteiger partial charge in [-0.3, -0.25) is 5.10 Å². The standard InChI is InChI=1S/C11H11F3N4/c1-5(15)11-16-8(17-18-11)4-6-2-3-7(12)10(14)9(6)13/h2-3,5H,4,15H2,1H3,(H,16,17,18). The van der Waals surface area contributed by atoms with Crippen molar-refractivity contribution in [2.45, 2.75) is 19.4 Å². The summed E-state index contributed by atoms with van der Waals surface area (Å²) < 4.78 is 39.2. The Morgan fingerprint density at radius 3 is 2.61 bits per heavy atom. The van der Waals surface area contributed by atoms with E-state index in [0.717, 1.165) is 6.07 Å². The van der Waals surface area contributed by atoms with Crippen molar-refractivity contribution in [2.24, 2.45) is 5.73 Å². The fourth-order valence-corrected chi connectivity index (χ4v) is 1.48. The lowest BCUT2D eigenvalue weighted by atomic mass is 10.1. The minimum Gasteiger partial charge on any atom is -0.321 e. The molecule has 0 bridgehead atoms. The van der Waals surface area contributed by atoms with Gasteiger partial charge in [-0.15, -0.1) is 0 Å². The third-order valence-electron chi connectivity index (χ3n) is 2.43. The molecule has 4 nitrogen and oxygen atoms in total. The van der Waals surface area contributed by atoms with Crippen LogP contribution in [0.3, 0.4) is 0 Å². The number of nitrogens with two attached hydrogens (primary N) is 1. The fourth-order valence-electron chi connectivity index (χ4n) is 1.48. The molecular weight excluding hydrogens is 245 g/mol. The van der Waals surface area contributed by atoms with E-state index >= 15 is 0 Å². The Kier molecular flexibility index (Phi) is 3.33. The number of H-pyrrole nitrogens is 1. The van der Waals surface area contributed by atoms with Gasteiger partial charge in [0.15, 0.2) is 23.3 Å². The van der Waals surface area contributed by atoms with Crippen LogP contribution in [0.5, 0.6) is 0 Å². The summed E-state index contributed by atoms with van der Waals surface area (Å²) in [7, 11) is 0. The molecule has 0 aliphatic rings. The van der Waals surface area contributed by atoms with Crippen LogP contribution in [0.15, 0.2) is 12.1 Å². The zero-order valence-electron chi connectivity index (χ0n) is 9.54.